The third kappa shape index (κ3) is 5.85. The lowest BCUT2D eigenvalue weighted by molar-refractivity contribution is -0.141. The fourth-order valence-corrected chi connectivity index (χ4v) is 4.03. The molecule has 0 aromatic heterocycles. The number of carboxylic acid groups (broad SMARTS) is 1. The van der Waals surface area contributed by atoms with E-state index in [4.69, 9.17) is 5.11 Å². The zero-order valence-electron chi connectivity index (χ0n) is 18.1. The van der Waals surface area contributed by atoms with Crippen LogP contribution < -0.4 is 9.62 Å². The maximum atomic E-state index is 12.8. The molecular weight excluding hydrogens is 432 g/mol. The van der Waals surface area contributed by atoms with Gasteiger partial charge in [0.2, 0.25) is 15.9 Å². The van der Waals surface area contributed by atoms with Crippen LogP contribution in [-0.2, 0) is 19.6 Å². The molecule has 1 unspecified atom stereocenters. The molecule has 2 N–H and O–H groups in total. The minimum atomic E-state index is -3.44. The topological polar surface area (TPSA) is 119 Å². The van der Waals surface area contributed by atoms with Gasteiger partial charge in [0.25, 0.3) is 0 Å². The molecule has 0 saturated carbocycles. The Labute approximate surface area is 187 Å². The first-order valence-corrected chi connectivity index (χ1v) is 11.9. The molecule has 9 nitrogen and oxygen atoms in total. The van der Waals surface area contributed by atoms with Crippen LogP contribution in [0.4, 0.5) is 11.4 Å². The number of nitrogens with zero attached hydrogens (tertiary/aromatic N) is 3. The molecule has 170 valence electrons. The molecule has 3 rings (SSSR count). The van der Waals surface area contributed by atoms with E-state index in [1.54, 1.807) is 24.3 Å². The van der Waals surface area contributed by atoms with Gasteiger partial charge in [-0.05, 0) is 35.4 Å². The van der Waals surface area contributed by atoms with E-state index in [0.717, 1.165) is 17.5 Å². The van der Waals surface area contributed by atoms with Crippen LogP contribution in [0.1, 0.15) is 36.4 Å². The number of carbonyl (C=O) groups excluding carboxylic acids is 1. The summed E-state index contributed by atoms with van der Waals surface area (Å²) >= 11 is 0. The van der Waals surface area contributed by atoms with Crippen LogP contribution in [0.3, 0.4) is 0 Å². The van der Waals surface area contributed by atoms with Gasteiger partial charge in [-0.25, -0.2) is 13.4 Å². The molecule has 1 aliphatic rings. The van der Waals surface area contributed by atoms with Crippen LogP contribution in [0.25, 0.3) is 0 Å². The third-order valence-corrected chi connectivity index (χ3v) is 5.62. The van der Waals surface area contributed by atoms with Crippen LogP contribution in [-0.4, -0.2) is 56.5 Å². The Morgan fingerprint density at radius 3 is 2.44 bits per heavy atom. The quantitative estimate of drug-likeness (QED) is 0.628. The highest BCUT2D eigenvalue weighted by Gasteiger charge is 2.33. The van der Waals surface area contributed by atoms with Gasteiger partial charge in [0.15, 0.2) is 0 Å². The lowest BCUT2D eigenvalue weighted by Gasteiger charge is -2.22. The number of carboxylic acids is 1. The normalized spacial score (nSPS) is 15.9. The number of hydrogen-bond donors (Lipinski definition) is 2. The van der Waals surface area contributed by atoms with E-state index in [1.807, 2.05) is 43.3 Å². The summed E-state index contributed by atoms with van der Waals surface area (Å²) in [6.07, 6.45) is 1.06. The average Bonchev–Trinajstić information content (AvgIpc) is 3.16. The molecule has 0 radical (unpaired) electrons. The molecule has 10 heteroatoms. The van der Waals surface area contributed by atoms with Crippen LogP contribution in [0.15, 0.2) is 53.6 Å². The van der Waals surface area contributed by atoms with E-state index < -0.39 is 16.0 Å². The van der Waals surface area contributed by atoms with Crippen molar-refractivity contribution < 1.29 is 23.1 Å². The number of aliphatic carboxylic acids is 1. The lowest BCUT2D eigenvalue weighted by atomic mass is 9.97. The van der Waals surface area contributed by atoms with Crippen LogP contribution in [0.5, 0.6) is 0 Å². The first-order valence-electron chi connectivity index (χ1n) is 10.0. The van der Waals surface area contributed by atoms with Crippen molar-refractivity contribution in [2.45, 2.75) is 25.3 Å². The number of amides is 1. The van der Waals surface area contributed by atoms with Gasteiger partial charge < -0.3 is 10.0 Å². The van der Waals surface area contributed by atoms with Gasteiger partial charge in [-0.3, -0.25) is 14.3 Å². The van der Waals surface area contributed by atoms with E-state index in [-0.39, 0.29) is 24.8 Å². The Bertz CT molecular complexity index is 1140. The number of benzene rings is 2. The highest BCUT2D eigenvalue weighted by atomic mass is 32.2. The molecule has 0 bridgehead atoms. The van der Waals surface area contributed by atoms with Crippen molar-refractivity contribution in [3.63, 3.8) is 0 Å². The van der Waals surface area contributed by atoms with Crippen molar-refractivity contribution in [3.05, 3.63) is 59.7 Å². The molecule has 0 spiro atoms. The smallest absolute Gasteiger partial charge is 0.303 e. The summed E-state index contributed by atoms with van der Waals surface area (Å²) in [5.41, 5.74) is 3.59. The van der Waals surface area contributed by atoms with Crippen LogP contribution >= 0.6 is 0 Å². The molecule has 0 saturated heterocycles. The van der Waals surface area contributed by atoms with Gasteiger partial charge in [0.1, 0.15) is 0 Å². The summed E-state index contributed by atoms with van der Waals surface area (Å²) < 4.78 is 25.6. The van der Waals surface area contributed by atoms with E-state index in [0.29, 0.717) is 23.4 Å². The molecule has 1 amide bonds. The second-order valence-electron chi connectivity index (χ2n) is 7.84. The molecule has 0 aliphatic carbocycles. The molecule has 0 fully saturated rings. The Hall–Kier alpha value is -3.40. The molecule has 2 aromatic rings. The molecular formula is C22H26N4O5S. The number of anilines is 2. The van der Waals surface area contributed by atoms with E-state index in [1.165, 1.54) is 5.01 Å². The Balaban J connectivity index is 1.92. The first kappa shape index (κ1) is 23.3. The SMILES string of the molecule is CN(C)c1ccc(C2CC(c3cccc(NS(C)(=O)=O)c3)=NN2C(=O)CCC(=O)O)cc1. The second kappa shape index (κ2) is 9.39. The Kier molecular flexibility index (Phi) is 6.83. The summed E-state index contributed by atoms with van der Waals surface area (Å²) in [4.78, 5) is 25.7. The van der Waals surface area contributed by atoms with Gasteiger partial charge in [0.05, 0.1) is 24.4 Å². The van der Waals surface area contributed by atoms with Crippen LogP contribution in [0, 0.1) is 0 Å². The maximum absolute atomic E-state index is 12.8. The van der Waals surface area contributed by atoms with Gasteiger partial charge in [-0.1, -0.05) is 24.3 Å². The summed E-state index contributed by atoms with van der Waals surface area (Å²) in [6, 6.07) is 14.2. The minimum Gasteiger partial charge on any atom is -0.481 e. The number of sulfonamides is 1. The standard InChI is InChI=1S/C22H26N4O5S/c1-25(2)18-9-7-15(8-10-18)20-14-19(23-26(20)21(27)11-12-22(28)29)16-5-4-6-17(13-16)24-32(3,30)31/h4-10,13,20,24H,11-12,14H2,1-3H3,(H,28,29). The summed E-state index contributed by atoms with van der Waals surface area (Å²) in [6.45, 7) is 0. The minimum absolute atomic E-state index is 0.159. The van der Waals surface area contributed by atoms with E-state index in [2.05, 4.69) is 9.82 Å². The largest absolute Gasteiger partial charge is 0.481 e. The molecule has 1 atom stereocenters. The molecule has 1 aliphatic heterocycles. The van der Waals surface area contributed by atoms with Crippen molar-refractivity contribution in [2.24, 2.45) is 5.10 Å². The maximum Gasteiger partial charge on any atom is 0.303 e. The molecule has 32 heavy (non-hydrogen) atoms. The average molecular weight is 459 g/mol. The monoisotopic (exact) mass is 458 g/mol. The number of hydrogen-bond acceptors (Lipinski definition) is 6. The summed E-state index contributed by atoms with van der Waals surface area (Å²) in [5.74, 6) is -1.43. The van der Waals surface area contributed by atoms with Crippen molar-refractivity contribution >= 4 is 39.0 Å². The Morgan fingerprint density at radius 2 is 1.84 bits per heavy atom. The predicted molar refractivity (Wildman–Crippen MR) is 123 cm³/mol. The van der Waals surface area contributed by atoms with Crippen LogP contribution in [0.2, 0.25) is 0 Å². The first-order chi connectivity index (χ1) is 15.0. The lowest BCUT2D eigenvalue weighted by Crippen LogP contribution is -2.27. The number of nitrogens with one attached hydrogen (secondary N) is 1. The number of carbonyl (C=O) groups is 2. The highest BCUT2D eigenvalue weighted by molar-refractivity contribution is 7.92. The van der Waals surface area contributed by atoms with E-state index in [9.17, 15) is 18.0 Å². The van der Waals surface area contributed by atoms with Crippen molar-refractivity contribution in [2.75, 3.05) is 30.0 Å². The fourth-order valence-electron chi connectivity index (χ4n) is 3.47. The third-order valence-electron chi connectivity index (χ3n) is 5.01. The Morgan fingerprint density at radius 1 is 1.16 bits per heavy atom. The van der Waals surface area contributed by atoms with Gasteiger partial charge in [0, 0.05) is 38.3 Å². The van der Waals surface area contributed by atoms with Crippen molar-refractivity contribution in [1.29, 1.82) is 0 Å². The second-order valence-corrected chi connectivity index (χ2v) is 9.59. The van der Waals surface area contributed by atoms with Crippen molar-refractivity contribution in [3.8, 4) is 0 Å². The number of hydrazone groups is 1. The number of rotatable bonds is 8. The fraction of sp³-hybridized carbons (Fsp3) is 0.318. The summed E-state index contributed by atoms with van der Waals surface area (Å²) in [7, 11) is 0.435. The summed E-state index contributed by atoms with van der Waals surface area (Å²) in [5, 5.41) is 14.8. The van der Waals surface area contributed by atoms with Gasteiger partial charge >= 0.3 is 5.97 Å². The highest BCUT2D eigenvalue weighted by Crippen LogP contribution is 2.34. The predicted octanol–water partition coefficient (Wildman–Crippen LogP) is 2.67. The molecule has 2 aromatic carbocycles. The van der Waals surface area contributed by atoms with Crippen molar-refractivity contribution in [1.82, 2.24) is 5.01 Å². The van der Waals surface area contributed by atoms with Gasteiger partial charge in [-0.2, -0.15) is 5.10 Å². The zero-order valence-corrected chi connectivity index (χ0v) is 19.0. The molecule has 1 heterocycles. The zero-order chi connectivity index (χ0) is 23.5. The van der Waals surface area contributed by atoms with Gasteiger partial charge in [-0.15, -0.1) is 0 Å². The van der Waals surface area contributed by atoms with E-state index >= 15 is 0 Å².